The minimum atomic E-state index is 0.691. The highest BCUT2D eigenvalue weighted by atomic mass is 35.5. The Hall–Kier alpha value is -0.610. The zero-order valence-electron chi connectivity index (χ0n) is 11.0. The normalized spacial score (nSPS) is 10.9. The second-order valence-corrected chi connectivity index (χ2v) is 6.26. The monoisotopic (exact) mass is 314 g/mol. The van der Waals surface area contributed by atoms with Gasteiger partial charge in [0.15, 0.2) is 0 Å². The lowest BCUT2D eigenvalue weighted by Crippen LogP contribution is -2.11. The minimum Gasteiger partial charge on any atom is -0.312 e. The molecule has 0 amide bonds. The summed E-state index contributed by atoms with van der Waals surface area (Å²) >= 11 is 14.1. The van der Waals surface area contributed by atoms with Crippen LogP contribution in [0, 0.1) is 6.92 Å². The lowest BCUT2D eigenvalue weighted by molar-refractivity contribution is 0.731. The van der Waals surface area contributed by atoms with Gasteiger partial charge in [-0.05, 0) is 31.2 Å². The Labute approximate surface area is 127 Å². The Balaban J connectivity index is 2.19. The maximum Gasteiger partial charge on any atom is 0.0976 e. The highest BCUT2D eigenvalue weighted by molar-refractivity contribution is 7.11. The molecule has 0 unspecified atom stereocenters. The average Bonchev–Trinajstić information content (AvgIpc) is 2.72. The van der Waals surface area contributed by atoms with Gasteiger partial charge in [-0.2, -0.15) is 0 Å². The van der Waals surface area contributed by atoms with Crippen LogP contribution < -0.4 is 5.32 Å². The van der Waals surface area contributed by atoms with Crippen LogP contribution in [-0.4, -0.2) is 11.5 Å². The summed E-state index contributed by atoms with van der Waals surface area (Å²) in [6, 6.07) is 5.59. The van der Waals surface area contributed by atoms with E-state index in [1.807, 2.05) is 25.1 Å². The minimum absolute atomic E-state index is 0.691. The third-order valence-corrected chi connectivity index (χ3v) is 4.73. The molecule has 1 heterocycles. The lowest BCUT2D eigenvalue weighted by atomic mass is 10.1. The molecular weight excluding hydrogens is 299 g/mol. The van der Waals surface area contributed by atoms with Crippen LogP contribution in [0.25, 0.3) is 0 Å². The van der Waals surface area contributed by atoms with Gasteiger partial charge in [0.2, 0.25) is 0 Å². The summed E-state index contributed by atoms with van der Waals surface area (Å²) in [5.74, 6) is 0. The van der Waals surface area contributed by atoms with Crippen LogP contribution in [0.2, 0.25) is 10.0 Å². The topological polar surface area (TPSA) is 24.9 Å². The first-order valence-corrected chi connectivity index (χ1v) is 7.77. The number of thiazole rings is 1. The summed E-state index contributed by atoms with van der Waals surface area (Å²) in [5, 5.41) is 5.78. The predicted octanol–water partition coefficient (Wildman–Crippen LogP) is 4.46. The fraction of sp³-hybridized carbons (Fsp3) is 0.357. The molecule has 1 aromatic heterocycles. The summed E-state index contributed by atoms with van der Waals surface area (Å²) < 4.78 is 0. The van der Waals surface area contributed by atoms with E-state index < -0.39 is 0 Å². The van der Waals surface area contributed by atoms with Crippen molar-refractivity contribution < 1.29 is 0 Å². The van der Waals surface area contributed by atoms with Gasteiger partial charge >= 0.3 is 0 Å². The average molecular weight is 315 g/mol. The first-order valence-electron chi connectivity index (χ1n) is 6.20. The Morgan fingerprint density at radius 3 is 2.58 bits per heavy atom. The molecule has 2 rings (SSSR count). The van der Waals surface area contributed by atoms with E-state index in [2.05, 4.69) is 17.2 Å². The fourth-order valence-electron chi connectivity index (χ4n) is 1.82. The van der Waals surface area contributed by atoms with Crippen molar-refractivity contribution in [3.8, 4) is 0 Å². The zero-order valence-corrected chi connectivity index (χ0v) is 13.3. The molecule has 2 aromatic rings. The summed E-state index contributed by atoms with van der Waals surface area (Å²) in [5.41, 5.74) is 2.04. The molecule has 0 saturated carbocycles. The van der Waals surface area contributed by atoms with Crippen molar-refractivity contribution in [2.24, 2.45) is 0 Å². The molecule has 0 atom stereocenters. The Morgan fingerprint density at radius 2 is 1.95 bits per heavy atom. The van der Waals surface area contributed by atoms with E-state index >= 15 is 0 Å². The first kappa shape index (κ1) is 14.8. The Bertz CT molecular complexity index is 546. The predicted molar refractivity (Wildman–Crippen MR) is 83.5 cm³/mol. The van der Waals surface area contributed by atoms with Crippen LogP contribution in [-0.2, 0) is 13.0 Å². The van der Waals surface area contributed by atoms with Crippen molar-refractivity contribution in [1.82, 2.24) is 10.3 Å². The number of aromatic nitrogens is 1. The molecule has 0 fully saturated rings. The molecule has 2 nitrogen and oxygen atoms in total. The quantitative estimate of drug-likeness (QED) is 0.881. The van der Waals surface area contributed by atoms with Crippen LogP contribution >= 0.6 is 34.5 Å². The zero-order chi connectivity index (χ0) is 13.8. The summed E-state index contributed by atoms with van der Waals surface area (Å²) in [6.07, 6.45) is 0.691. The van der Waals surface area contributed by atoms with E-state index in [1.165, 1.54) is 4.88 Å². The Kier molecular flexibility index (Phi) is 5.22. The van der Waals surface area contributed by atoms with Gasteiger partial charge in [0.1, 0.15) is 0 Å². The van der Waals surface area contributed by atoms with E-state index in [4.69, 9.17) is 23.2 Å². The van der Waals surface area contributed by atoms with Crippen molar-refractivity contribution in [2.45, 2.75) is 26.8 Å². The molecule has 1 N–H and O–H groups in total. The molecule has 1 aromatic carbocycles. The fourth-order valence-corrected chi connectivity index (χ4v) is 3.40. The number of aryl methyl sites for hydroxylation is 1. The number of rotatable bonds is 5. The molecule has 102 valence electrons. The summed E-state index contributed by atoms with van der Waals surface area (Å²) in [7, 11) is 0. The van der Waals surface area contributed by atoms with Crippen molar-refractivity contribution in [2.75, 3.05) is 6.54 Å². The maximum atomic E-state index is 6.19. The molecular formula is C14H16Cl2N2S. The van der Waals surface area contributed by atoms with Gasteiger partial charge in [-0.15, -0.1) is 11.3 Å². The van der Waals surface area contributed by atoms with Gasteiger partial charge < -0.3 is 5.32 Å². The van der Waals surface area contributed by atoms with E-state index in [0.717, 1.165) is 29.4 Å². The summed E-state index contributed by atoms with van der Waals surface area (Å²) in [4.78, 5) is 5.88. The smallest absolute Gasteiger partial charge is 0.0976 e. The van der Waals surface area contributed by atoms with Crippen molar-refractivity contribution in [3.63, 3.8) is 0 Å². The van der Waals surface area contributed by atoms with E-state index in [0.29, 0.717) is 16.5 Å². The highest BCUT2D eigenvalue weighted by Crippen LogP contribution is 2.29. The first-order chi connectivity index (χ1) is 9.11. The second kappa shape index (κ2) is 6.71. The van der Waals surface area contributed by atoms with Gasteiger partial charge in [-0.3, -0.25) is 0 Å². The third-order valence-electron chi connectivity index (χ3n) is 2.86. The molecule has 5 heteroatoms. The molecule has 0 bridgehead atoms. The number of hydrogen-bond acceptors (Lipinski definition) is 3. The lowest BCUT2D eigenvalue weighted by Gasteiger charge is -2.04. The van der Waals surface area contributed by atoms with Crippen LogP contribution in [0.1, 0.15) is 28.1 Å². The van der Waals surface area contributed by atoms with Crippen molar-refractivity contribution >= 4 is 34.5 Å². The van der Waals surface area contributed by atoms with E-state index in [1.54, 1.807) is 11.3 Å². The second-order valence-electron chi connectivity index (χ2n) is 4.27. The number of nitrogens with one attached hydrogen (secondary N) is 1. The van der Waals surface area contributed by atoms with Crippen LogP contribution in [0.15, 0.2) is 18.2 Å². The van der Waals surface area contributed by atoms with Gasteiger partial charge in [-0.1, -0.05) is 36.2 Å². The number of halogens is 2. The number of benzene rings is 1. The molecule has 0 radical (unpaired) electrons. The van der Waals surface area contributed by atoms with Crippen LogP contribution in [0.3, 0.4) is 0 Å². The summed E-state index contributed by atoms with van der Waals surface area (Å²) in [6.45, 7) is 5.97. The largest absolute Gasteiger partial charge is 0.312 e. The van der Waals surface area contributed by atoms with E-state index in [-0.39, 0.29) is 0 Å². The molecule has 0 aliphatic heterocycles. The highest BCUT2D eigenvalue weighted by Gasteiger charge is 2.11. The Morgan fingerprint density at radius 1 is 1.26 bits per heavy atom. The maximum absolute atomic E-state index is 6.19. The van der Waals surface area contributed by atoms with Gasteiger partial charge in [0, 0.05) is 27.9 Å². The molecule has 0 aliphatic carbocycles. The molecule has 0 spiro atoms. The van der Waals surface area contributed by atoms with Crippen molar-refractivity contribution in [3.05, 3.63) is 49.4 Å². The van der Waals surface area contributed by atoms with Crippen LogP contribution in [0.4, 0.5) is 0 Å². The van der Waals surface area contributed by atoms with Gasteiger partial charge in [-0.25, -0.2) is 4.98 Å². The van der Waals surface area contributed by atoms with E-state index in [9.17, 15) is 0 Å². The third kappa shape index (κ3) is 3.69. The SMILES string of the molecule is CCNCc1sc(Cc2c(Cl)cccc2Cl)nc1C. The van der Waals surface area contributed by atoms with Crippen molar-refractivity contribution in [1.29, 1.82) is 0 Å². The van der Waals surface area contributed by atoms with Gasteiger partial charge in [0.25, 0.3) is 0 Å². The van der Waals surface area contributed by atoms with Crippen LogP contribution in [0.5, 0.6) is 0 Å². The number of nitrogens with zero attached hydrogens (tertiary/aromatic N) is 1. The number of hydrogen-bond donors (Lipinski definition) is 1. The van der Waals surface area contributed by atoms with Gasteiger partial charge in [0.05, 0.1) is 10.7 Å². The molecule has 19 heavy (non-hydrogen) atoms. The molecule has 0 saturated heterocycles. The standard InChI is InChI=1S/C14H16Cl2N2S/c1-3-17-8-13-9(2)18-14(19-13)7-10-11(15)5-4-6-12(10)16/h4-6,17H,3,7-8H2,1-2H3. The molecule has 0 aliphatic rings.